The third-order valence-corrected chi connectivity index (χ3v) is 7.00. The summed E-state index contributed by atoms with van der Waals surface area (Å²) in [7, 11) is -4.35. The number of nitrogens with zero attached hydrogens (tertiary/aromatic N) is 1. The molecular weight excluding hydrogens is 509 g/mol. The van der Waals surface area contributed by atoms with Gasteiger partial charge in [0.25, 0.3) is 5.56 Å². The lowest BCUT2D eigenvalue weighted by Crippen LogP contribution is -2.47. The lowest BCUT2D eigenvalue weighted by atomic mass is 9.96. The molecule has 37 heavy (non-hydrogen) atoms. The first kappa shape index (κ1) is 25.8. The van der Waals surface area contributed by atoms with Crippen LogP contribution in [0.5, 0.6) is 5.75 Å². The quantitative estimate of drug-likeness (QED) is 0.234. The Labute approximate surface area is 215 Å². The maximum absolute atomic E-state index is 13.7. The zero-order chi connectivity index (χ0) is 29.1. The van der Waals surface area contributed by atoms with E-state index in [0.717, 1.165) is 6.92 Å². The number of ether oxygens (including phenoxy) is 2. The van der Waals surface area contributed by atoms with E-state index in [1.54, 1.807) is 18.2 Å². The van der Waals surface area contributed by atoms with Crippen molar-refractivity contribution in [2.24, 2.45) is 5.92 Å². The fourth-order valence-corrected chi connectivity index (χ4v) is 4.92. The summed E-state index contributed by atoms with van der Waals surface area (Å²) < 4.78 is 51.7. The molecule has 4 N–H and O–H groups in total. The standard InChI is InChI=1S/C23H32N3O10P/c1-14(2)12-33-20(29)15(3)25-37(32,36-16-8-6-5-7-9-16)34-13-17-19(28)23(4,31)21(35-17)26-11-10-18(27)24-22(26)30/h5-11,14-15,17,19,21,28,31H,12-13H2,1-4H3,(H,25,32)(H,24,27,30)/t15?,17-,19-,21-,23-,37?/m1/s1/i10D,11D. The van der Waals surface area contributed by atoms with E-state index in [1.807, 2.05) is 18.8 Å². The summed E-state index contributed by atoms with van der Waals surface area (Å²) in [5.74, 6) is -0.511. The minimum atomic E-state index is -4.35. The second-order valence-electron chi connectivity index (χ2n) is 9.14. The normalized spacial score (nSPS) is 26.7. The Balaban J connectivity index is 1.83. The van der Waals surface area contributed by atoms with Crippen LogP contribution in [0.25, 0.3) is 0 Å². The van der Waals surface area contributed by atoms with Gasteiger partial charge in [0, 0.05) is 12.2 Å². The number of H-pyrrole nitrogens is 1. The lowest BCUT2D eigenvalue weighted by molar-refractivity contribution is -0.146. The Bertz CT molecular complexity index is 1330. The smallest absolute Gasteiger partial charge is 0.459 e. The van der Waals surface area contributed by atoms with E-state index in [2.05, 4.69) is 5.09 Å². The highest BCUT2D eigenvalue weighted by Gasteiger charge is 2.54. The van der Waals surface area contributed by atoms with Crippen LogP contribution < -0.4 is 20.9 Å². The molecule has 13 nitrogen and oxygen atoms in total. The number of nitrogens with one attached hydrogen (secondary N) is 2. The Morgan fingerprint density at radius 1 is 1.32 bits per heavy atom. The molecule has 0 saturated carbocycles. The molecule has 0 aliphatic carbocycles. The van der Waals surface area contributed by atoms with Crippen LogP contribution in [0, 0.1) is 5.92 Å². The van der Waals surface area contributed by atoms with Crippen molar-refractivity contribution in [1.29, 1.82) is 0 Å². The zero-order valence-electron chi connectivity index (χ0n) is 22.7. The van der Waals surface area contributed by atoms with Gasteiger partial charge in [0.2, 0.25) is 0 Å². The topological polar surface area (TPSA) is 178 Å². The lowest BCUT2D eigenvalue weighted by Gasteiger charge is -2.27. The van der Waals surface area contributed by atoms with Crippen molar-refractivity contribution < 1.29 is 40.8 Å². The summed E-state index contributed by atoms with van der Waals surface area (Å²) in [6, 6.07) is 5.94. The van der Waals surface area contributed by atoms with E-state index >= 15 is 0 Å². The van der Waals surface area contributed by atoms with E-state index in [4.69, 9.17) is 21.3 Å². The first-order valence-electron chi connectivity index (χ1n) is 12.5. The van der Waals surface area contributed by atoms with E-state index < -0.39 is 73.9 Å². The van der Waals surface area contributed by atoms with Gasteiger partial charge in [-0.2, -0.15) is 5.09 Å². The highest BCUT2D eigenvalue weighted by molar-refractivity contribution is 7.52. The molecule has 204 valence electrons. The molecule has 1 aliphatic rings. The minimum Gasteiger partial charge on any atom is -0.464 e. The van der Waals surface area contributed by atoms with Gasteiger partial charge in [-0.1, -0.05) is 32.0 Å². The Hall–Kier alpha value is -2.80. The molecule has 0 bridgehead atoms. The summed E-state index contributed by atoms with van der Waals surface area (Å²) in [4.78, 5) is 38.3. The van der Waals surface area contributed by atoms with Crippen LogP contribution in [0.15, 0.2) is 52.1 Å². The number of carbonyl (C=O) groups excluding carboxylic acids is 1. The maximum Gasteiger partial charge on any atom is 0.459 e. The second-order valence-corrected chi connectivity index (χ2v) is 10.8. The molecule has 2 unspecified atom stereocenters. The van der Waals surface area contributed by atoms with E-state index in [0.29, 0.717) is 4.57 Å². The number of aliphatic hydroxyl groups is 2. The molecule has 1 aliphatic heterocycles. The fourth-order valence-electron chi connectivity index (χ4n) is 3.41. The van der Waals surface area contributed by atoms with E-state index in [9.17, 15) is 29.2 Å². The van der Waals surface area contributed by atoms with Gasteiger partial charge in [0.05, 0.1) is 16.0 Å². The minimum absolute atomic E-state index is 0.0665. The van der Waals surface area contributed by atoms with Crippen LogP contribution in [0.2, 0.25) is 0 Å². The monoisotopic (exact) mass is 543 g/mol. The molecule has 2 aromatic rings. The van der Waals surface area contributed by atoms with Gasteiger partial charge in [-0.25, -0.2) is 9.36 Å². The highest BCUT2D eigenvalue weighted by Crippen LogP contribution is 2.46. The average molecular weight is 544 g/mol. The van der Waals surface area contributed by atoms with Gasteiger partial charge in [0.1, 0.15) is 29.6 Å². The van der Waals surface area contributed by atoms with Crippen molar-refractivity contribution in [3.8, 4) is 5.75 Å². The molecule has 1 fully saturated rings. The number of benzene rings is 1. The van der Waals surface area contributed by atoms with Crippen LogP contribution in [0.4, 0.5) is 0 Å². The van der Waals surface area contributed by atoms with Gasteiger partial charge in [-0.3, -0.25) is 23.7 Å². The summed E-state index contributed by atoms with van der Waals surface area (Å²) in [6.45, 7) is 5.68. The van der Waals surface area contributed by atoms with Crippen LogP contribution in [0.3, 0.4) is 0 Å². The molecule has 6 atom stereocenters. The van der Waals surface area contributed by atoms with Crippen molar-refractivity contribution in [1.82, 2.24) is 14.6 Å². The number of hydrogen-bond acceptors (Lipinski definition) is 10. The molecule has 1 aromatic carbocycles. The van der Waals surface area contributed by atoms with Gasteiger partial charge in [-0.05, 0) is 31.9 Å². The molecule has 1 saturated heterocycles. The van der Waals surface area contributed by atoms with E-state index in [-0.39, 0.29) is 18.3 Å². The molecule has 2 heterocycles. The van der Waals surface area contributed by atoms with Gasteiger partial charge < -0.3 is 24.2 Å². The molecule has 0 spiro atoms. The SMILES string of the molecule is [2H]c1c([2H])n([C@@H]2O[C@H](COP(=O)(NC(C)C(=O)OCC(C)C)Oc3ccccc3)[C@@H](O)[C@@]2(C)O)c(=O)[nH]c1=O. The summed E-state index contributed by atoms with van der Waals surface area (Å²) >= 11 is 0. The summed E-state index contributed by atoms with van der Waals surface area (Å²) in [6.07, 6.45) is -5.73. The van der Waals surface area contributed by atoms with Crippen molar-refractivity contribution >= 4 is 13.7 Å². The number of aliphatic hydroxyl groups excluding tert-OH is 1. The van der Waals surface area contributed by atoms with Crippen LogP contribution in [0.1, 0.15) is 36.7 Å². The molecule has 14 heteroatoms. The number of esters is 1. The molecular formula is C23H32N3O10P. The maximum atomic E-state index is 13.7. The number of rotatable bonds is 11. The Morgan fingerprint density at radius 2 is 2.00 bits per heavy atom. The summed E-state index contributed by atoms with van der Waals surface area (Å²) in [5, 5.41) is 24.2. The second kappa shape index (κ2) is 11.7. The van der Waals surface area contributed by atoms with Crippen molar-refractivity contribution in [2.45, 2.75) is 57.8 Å². The fraction of sp³-hybridized carbons (Fsp3) is 0.522. The van der Waals surface area contributed by atoms with Gasteiger partial charge in [-0.15, -0.1) is 0 Å². The Kier molecular flexibility index (Phi) is 8.18. The van der Waals surface area contributed by atoms with Gasteiger partial charge in [0.15, 0.2) is 6.23 Å². The van der Waals surface area contributed by atoms with Gasteiger partial charge >= 0.3 is 19.4 Å². The number of para-hydroxylation sites is 1. The summed E-state index contributed by atoms with van der Waals surface area (Å²) in [5.41, 5.74) is -4.46. The first-order chi connectivity index (χ1) is 18.2. The van der Waals surface area contributed by atoms with E-state index in [1.165, 1.54) is 19.1 Å². The predicted molar refractivity (Wildman–Crippen MR) is 131 cm³/mol. The van der Waals surface area contributed by atoms with Crippen LogP contribution in [-0.4, -0.2) is 62.8 Å². The zero-order valence-corrected chi connectivity index (χ0v) is 21.6. The first-order valence-corrected chi connectivity index (χ1v) is 13.0. The van der Waals surface area contributed by atoms with Crippen molar-refractivity contribution in [3.63, 3.8) is 0 Å². The van der Waals surface area contributed by atoms with Crippen molar-refractivity contribution in [2.75, 3.05) is 13.2 Å². The molecule has 0 amide bonds. The average Bonchev–Trinajstić information content (AvgIpc) is 3.08. The predicted octanol–water partition coefficient (Wildman–Crippen LogP) is 0.927. The molecule has 3 rings (SSSR count). The third-order valence-electron chi connectivity index (χ3n) is 5.36. The molecule has 0 radical (unpaired) electrons. The number of aromatic nitrogens is 2. The van der Waals surface area contributed by atoms with Crippen LogP contribution in [-0.2, 0) is 23.4 Å². The largest absolute Gasteiger partial charge is 0.464 e. The number of aromatic amines is 1. The third kappa shape index (κ3) is 7.16. The Morgan fingerprint density at radius 3 is 2.65 bits per heavy atom. The number of carbonyl (C=O) groups is 1. The van der Waals surface area contributed by atoms with Crippen LogP contribution >= 0.6 is 7.75 Å². The highest BCUT2D eigenvalue weighted by atomic mass is 31.2. The molecule has 1 aromatic heterocycles. The number of hydrogen-bond donors (Lipinski definition) is 4. The van der Waals surface area contributed by atoms with Crippen molar-refractivity contribution in [3.05, 3.63) is 63.4 Å².